The predicted octanol–water partition coefficient (Wildman–Crippen LogP) is 3.27. The normalized spacial score (nSPS) is 12.8. The smallest absolute Gasteiger partial charge is 0.172 e. The summed E-state index contributed by atoms with van der Waals surface area (Å²) < 4.78 is 5.33. The summed E-state index contributed by atoms with van der Waals surface area (Å²) in [6, 6.07) is 5.67. The molecular weight excluding hydrogens is 240 g/mol. The third-order valence-corrected chi connectivity index (χ3v) is 3.50. The minimum Gasteiger partial charge on any atom is -0.496 e. The fraction of sp³-hybridized carbons (Fsp3) is 0.562. The third kappa shape index (κ3) is 3.57. The molecule has 106 valence electrons. The molecule has 0 aromatic heterocycles. The maximum absolute atomic E-state index is 12.4. The number of ether oxygens (including phenoxy) is 1. The SMILES string of the molecule is COc1cc(C(C)C)ccc1C(=O)C(CO)C(C)C. The Morgan fingerprint density at radius 2 is 1.89 bits per heavy atom. The minimum absolute atomic E-state index is 0.0512. The number of methoxy groups -OCH3 is 1. The van der Waals surface area contributed by atoms with Crippen molar-refractivity contribution in [1.29, 1.82) is 0 Å². The first-order valence-electron chi connectivity index (χ1n) is 6.75. The van der Waals surface area contributed by atoms with E-state index in [-0.39, 0.29) is 24.2 Å². The summed E-state index contributed by atoms with van der Waals surface area (Å²) in [6.07, 6.45) is 0. The van der Waals surface area contributed by atoms with Crippen LogP contribution in [-0.2, 0) is 0 Å². The van der Waals surface area contributed by atoms with Gasteiger partial charge in [-0.2, -0.15) is 0 Å². The Bertz CT molecular complexity index is 436. The highest BCUT2D eigenvalue weighted by Crippen LogP contribution is 2.28. The molecule has 1 aromatic rings. The van der Waals surface area contributed by atoms with Gasteiger partial charge in [0.15, 0.2) is 5.78 Å². The maximum Gasteiger partial charge on any atom is 0.172 e. The van der Waals surface area contributed by atoms with Gasteiger partial charge in [-0.1, -0.05) is 33.8 Å². The molecule has 0 saturated carbocycles. The second-order valence-electron chi connectivity index (χ2n) is 5.51. The van der Waals surface area contributed by atoms with Gasteiger partial charge in [0.1, 0.15) is 5.75 Å². The number of benzene rings is 1. The van der Waals surface area contributed by atoms with Gasteiger partial charge in [0.25, 0.3) is 0 Å². The van der Waals surface area contributed by atoms with Gasteiger partial charge >= 0.3 is 0 Å². The van der Waals surface area contributed by atoms with E-state index in [4.69, 9.17) is 4.74 Å². The van der Waals surface area contributed by atoms with E-state index in [1.165, 1.54) is 0 Å². The molecule has 1 rings (SSSR count). The second-order valence-corrected chi connectivity index (χ2v) is 5.51. The molecule has 0 aliphatic carbocycles. The van der Waals surface area contributed by atoms with Crippen LogP contribution < -0.4 is 4.74 Å². The Balaban J connectivity index is 3.16. The van der Waals surface area contributed by atoms with E-state index in [1.54, 1.807) is 7.11 Å². The van der Waals surface area contributed by atoms with Crippen LogP contribution in [0.15, 0.2) is 18.2 Å². The summed E-state index contributed by atoms with van der Waals surface area (Å²) in [6.45, 7) is 7.94. The maximum atomic E-state index is 12.4. The van der Waals surface area contributed by atoms with Gasteiger partial charge in [0.05, 0.1) is 19.3 Å². The lowest BCUT2D eigenvalue weighted by Crippen LogP contribution is -2.24. The topological polar surface area (TPSA) is 46.5 Å². The van der Waals surface area contributed by atoms with Crippen LogP contribution in [0.5, 0.6) is 5.75 Å². The molecule has 1 N–H and O–H groups in total. The number of hydrogen-bond donors (Lipinski definition) is 1. The average Bonchev–Trinajstić information content (AvgIpc) is 2.37. The van der Waals surface area contributed by atoms with Crippen LogP contribution in [0.2, 0.25) is 0 Å². The predicted molar refractivity (Wildman–Crippen MR) is 76.8 cm³/mol. The molecule has 0 amide bonds. The van der Waals surface area contributed by atoms with Gasteiger partial charge in [-0.05, 0) is 29.5 Å². The molecular formula is C16H24O3. The van der Waals surface area contributed by atoms with Crippen molar-refractivity contribution in [2.75, 3.05) is 13.7 Å². The minimum atomic E-state index is -0.376. The highest BCUT2D eigenvalue weighted by molar-refractivity contribution is 6.00. The van der Waals surface area contributed by atoms with Crippen LogP contribution in [0.25, 0.3) is 0 Å². The molecule has 0 aliphatic heterocycles. The molecule has 0 aliphatic rings. The fourth-order valence-corrected chi connectivity index (χ4v) is 2.07. The van der Waals surface area contributed by atoms with Gasteiger partial charge in [-0.15, -0.1) is 0 Å². The van der Waals surface area contributed by atoms with Crippen molar-refractivity contribution >= 4 is 5.78 Å². The summed E-state index contributed by atoms with van der Waals surface area (Å²) >= 11 is 0. The molecule has 0 fully saturated rings. The number of ketones is 1. The van der Waals surface area contributed by atoms with Gasteiger partial charge in [0.2, 0.25) is 0 Å². The van der Waals surface area contributed by atoms with Crippen LogP contribution in [0, 0.1) is 11.8 Å². The first kappa shape index (κ1) is 15.7. The van der Waals surface area contributed by atoms with Crippen molar-refractivity contribution in [1.82, 2.24) is 0 Å². The lowest BCUT2D eigenvalue weighted by Gasteiger charge is -2.19. The Morgan fingerprint density at radius 1 is 1.26 bits per heavy atom. The molecule has 1 atom stereocenters. The van der Waals surface area contributed by atoms with Crippen molar-refractivity contribution < 1.29 is 14.6 Å². The van der Waals surface area contributed by atoms with Crippen molar-refractivity contribution in [3.8, 4) is 5.75 Å². The first-order chi connectivity index (χ1) is 8.92. The zero-order chi connectivity index (χ0) is 14.6. The van der Waals surface area contributed by atoms with Crippen molar-refractivity contribution in [2.24, 2.45) is 11.8 Å². The zero-order valence-electron chi connectivity index (χ0n) is 12.4. The number of aliphatic hydroxyl groups is 1. The lowest BCUT2D eigenvalue weighted by molar-refractivity contribution is 0.0803. The third-order valence-electron chi connectivity index (χ3n) is 3.50. The summed E-state index contributed by atoms with van der Waals surface area (Å²) in [5, 5.41) is 9.37. The Hall–Kier alpha value is -1.35. The van der Waals surface area contributed by atoms with Gasteiger partial charge in [0, 0.05) is 5.92 Å². The summed E-state index contributed by atoms with van der Waals surface area (Å²) in [5.41, 5.74) is 1.69. The summed E-state index contributed by atoms with van der Waals surface area (Å²) in [4.78, 5) is 12.4. The van der Waals surface area contributed by atoms with Crippen LogP contribution in [0.1, 0.15) is 49.5 Å². The second kappa shape index (κ2) is 6.71. The Kier molecular flexibility index (Phi) is 5.55. The van der Waals surface area contributed by atoms with Crippen LogP contribution in [0.4, 0.5) is 0 Å². The van der Waals surface area contributed by atoms with Crippen molar-refractivity contribution in [3.63, 3.8) is 0 Å². The van der Waals surface area contributed by atoms with Crippen LogP contribution in [-0.4, -0.2) is 24.6 Å². The fourth-order valence-electron chi connectivity index (χ4n) is 2.07. The Morgan fingerprint density at radius 3 is 2.32 bits per heavy atom. The van der Waals surface area contributed by atoms with E-state index in [9.17, 15) is 9.90 Å². The van der Waals surface area contributed by atoms with Gasteiger partial charge in [-0.3, -0.25) is 4.79 Å². The zero-order valence-corrected chi connectivity index (χ0v) is 12.4. The number of carbonyl (C=O) groups excluding carboxylic acids is 1. The number of aliphatic hydroxyl groups excluding tert-OH is 1. The first-order valence-corrected chi connectivity index (χ1v) is 6.75. The van der Waals surface area contributed by atoms with E-state index in [0.29, 0.717) is 17.2 Å². The molecule has 19 heavy (non-hydrogen) atoms. The van der Waals surface area contributed by atoms with E-state index >= 15 is 0 Å². The number of carbonyl (C=O) groups is 1. The molecule has 3 heteroatoms. The quantitative estimate of drug-likeness (QED) is 0.802. The number of Topliss-reactive ketones (excluding diaryl/α,β-unsaturated/α-hetero) is 1. The number of hydrogen-bond acceptors (Lipinski definition) is 3. The highest BCUT2D eigenvalue weighted by atomic mass is 16.5. The molecule has 0 spiro atoms. The van der Waals surface area contributed by atoms with E-state index in [2.05, 4.69) is 13.8 Å². The van der Waals surface area contributed by atoms with E-state index < -0.39 is 0 Å². The lowest BCUT2D eigenvalue weighted by atomic mass is 9.87. The molecule has 0 saturated heterocycles. The van der Waals surface area contributed by atoms with E-state index in [1.807, 2.05) is 32.0 Å². The molecule has 1 aromatic carbocycles. The molecule has 0 bridgehead atoms. The monoisotopic (exact) mass is 264 g/mol. The number of rotatable bonds is 6. The average molecular weight is 264 g/mol. The van der Waals surface area contributed by atoms with E-state index in [0.717, 1.165) is 5.56 Å². The molecule has 1 unspecified atom stereocenters. The van der Waals surface area contributed by atoms with Crippen molar-refractivity contribution in [3.05, 3.63) is 29.3 Å². The largest absolute Gasteiger partial charge is 0.496 e. The summed E-state index contributed by atoms with van der Waals surface area (Å²) in [5.74, 6) is 0.655. The summed E-state index contributed by atoms with van der Waals surface area (Å²) in [7, 11) is 1.57. The standard InChI is InChI=1S/C16H24O3/c1-10(2)12-6-7-13(15(8-12)19-5)16(18)14(9-17)11(3)4/h6-8,10-11,14,17H,9H2,1-5H3. The van der Waals surface area contributed by atoms with Crippen LogP contribution in [0.3, 0.4) is 0 Å². The van der Waals surface area contributed by atoms with Crippen LogP contribution >= 0.6 is 0 Å². The molecule has 0 heterocycles. The van der Waals surface area contributed by atoms with Gasteiger partial charge in [-0.25, -0.2) is 0 Å². The molecule has 0 radical (unpaired) electrons. The Labute approximate surface area is 115 Å². The van der Waals surface area contributed by atoms with Crippen molar-refractivity contribution in [2.45, 2.75) is 33.6 Å². The highest BCUT2D eigenvalue weighted by Gasteiger charge is 2.25. The molecule has 3 nitrogen and oxygen atoms in total. The van der Waals surface area contributed by atoms with Gasteiger partial charge < -0.3 is 9.84 Å².